The fourth-order valence-electron chi connectivity index (χ4n) is 2.67. The van der Waals surface area contributed by atoms with Crippen LogP contribution in [0.25, 0.3) is 0 Å². The van der Waals surface area contributed by atoms with E-state index in [1.807, 2.05) is 6.92 Å². The first-order chi connectivity index (χ1) is 12.7. The zero-order valence-corrected chi connectivity index (χ0v) is 17.5. The minimum atomic E-state index is -3.55. The fraction of sp³-hybridized carbons (Fsp3) is 0.368. The molecule has 0 radical (unpaired) electrons. The third kappa shape index (κ3) is 5.38. The molecule has 0 fully saturated rings. The number of nitrogens with zero attached hydrogens (tertiary/aromatic N) is 1. The van der Waals surface area contributed by atoms with Crippen molar-refractivity contribution in [2.75, 3.05) is 19.6 Å². The van der Waals surface area contributed by atoms with Gasteiger partial charge in [-0.25, -0.2) is 21.6 Å². The average Bonchev–Trinajstić information content (AvgIpc) is 2.63. The van der Waals surface area contributed by atoms with Gasteiger partial charge in [0, 0.05) is 19.6 Å². The number of hydrogen-bond donors (Lipinski definition) is 1. The number of sulfonamides is 2. The molecule has 1 N–H and O–H groups in total. The van der Waals surface area contributed by atoms with Crippen molar-refractivity contribution in [3.8, 4) is 0 Å². The molecule has 0 saturated carbocycles. The number of nitrogens with one attached hydrogen (secondary N) is 1. The second-order valence-electron chi connectivity index (χ2n) is 6.19. The molecule has 0 aliphatic carbocycles. The van der Waals surface area contributed by atoms with Gasteiger partial charge in [0.1, 0.15) is 0 Å². The monoisotopic (exact) mass is 410 g/mol. The smallest absolute Gasteiger partial charge is 0.211 e. The Balaban J connectivity index is 2.00. The van der Waals surface area contributed by atoms with Gasteiger partial charge in [-0.3, -0.25) is 0 Å². The summed E-state index contributed by atoms with van der Waals surface area (Å²) in [6, 6.07) is 13.2. The molecular weight excluding hydrogens is 384 g/mol. The molecule has 27 heavy (non-hydrogen) atoms. The number of benzene rings is 2. The zero-order valence-electron chi connectivity index (χ0n) is 15.8. The number of rotatable bonds is 9. The Labute approximate surface area is 162 Å². The van der Waals surface area contributed by atoms with Crippen molar-refractivity contribution in [1.82, 2.24) is 9.03 Å². The van der Waals surface area contributed by atoms with Crippen LogP contribution < -0.4 is 4.72 Å². The van der Waals surface area contributed by atoms with Crippen molar-refractivity contribution >= 4 is 20.0 Å². The molecule has 0 bridgehead atoms. The van der Waals surface area contributed by atoms with E-state index in [4.69, 9.17) is 0 Å². The SMILES string of the molecule is CCN(CC)S(=O)(=O)c1ccc(CCNS(=O)(=O)c2ccc(C)cc2)cc1. The van der Waals surface area contributed by atoms with Crippen molar-refractivity contribution in [3.05, 3.63) is 59.7 Å². The van der Waals surface area contributed by atoms with Crippen molar-refractivity contribution in [1.29, 1.82) is 0 Å². The first-order valence-corrected chi connectivity index (χ1v) is 11.8. The van der Waals surface area contributed by atoms with Crippen LogP contribution >= 0.6 is 0 Å². The Kier molecular flexibility index (Phi) is 7.16. The molecule has 0 spiro atoms. The van der Waals surface area contributed by atoms with Crippen molar-refractivity contribution in [2.24, 2.45) is 0 Å². The molecule has 8 heteroatoms. The maximum absolute atomic E-state index is 12.5. The summed E-state index contributed by atoms with van der Waals surface area (Å²) in [5.74, 6) is 0. The van der Waals surface area contributed by atoms with Crippen molar-refractivity contribution in [3.63, 3.8) is 0 Å². The minimum absolute atomic E-state index is 0.230. The van der Waals surface area contributed by atoms with E-state index < -0.39 is 20.0 Å². The molecule has 6 nitrogen and oxygen atoms in total. The second-order valence-corrected chi connectivity index (χ2v) is 9.90. The predicted octanol–water partition coefficient (Wildman–Crippen LogP) is 2.55. The van der Waals surface area contributed by atoms with Crippen LogP contribution in [-0.2, 0) is 26.5 Å². The van der Waals surface area contributed by atoms with Crippen LogP contribution in [0.15, 0.2) is 58.3 Å². The summed E-state index contributed by atoms with van der Waals surface area (Å²) in [5, 5.41) is 0. The average molecular weight is 411 g/mol. The molecule has 0 heterocycles. The first kappa shape index (κ1) is 21.6. The third-order valence-electron chi connectivity index (χ3n) is 4.30. The summed E-state index contributed by atoms with van der Waals surface area (Å²) in [5.41, 5.74) is 1.86. The molecule has 2 aromatic rings. The van der Waals surface area contributed by atoms with Gasteiger partial charge >= 0.3 is 0 Å². The molecule has 2 aromatic carbocycles. The van der Waals surface area contributed by atoms with Crippen LogP contribution in [0, 0.1) is 6.92 Å². The summed E-state index contributed by atoms with van der Waals surface area (Å²) in [6.07, 6.45) is 0.469. The lowest BCUT2D eigenvalue weighted by Gasteiger charge is -2.18. The van der Waals surface area contributed by atoms with E-state index >= 15 is 0 Å². The van der Waals surface area contributed by atoms with Gasteiger partial charge in [-0.2, -0.15) is 4.31 Å². The number of aryl methyl sites for hydroxylation is 1. The van der Waals surface area contributed by atoms with E-state index in [0.29, 0.717) is 19.5 Å². The molecule has 0 aliphatic heterocycles. The molecule has 0 amide bonds. The molecule has 0 aromatic heterocycles. The van der Waals surface area contributed by atoms with Crippen LogP contribution in [0.5, 0.6) is 0 Å². The van der Waals surface area contributed by atoms with Gasteiger partial charge in [-0.1, -0.05) is 43.7 Å². The molecule has 2 rings (SSSR count). The topological polar surface area (TPSA) is 83.6 Å². The van der Waals surface area contributed by atoms with Crippen LogP contribution in [0.3, 0.4) is 0 Å². The quantitative estimate of drug-likeness (QED) is 0.689. The lowest BCUT2D eigenvalue weighted by atomic mass is 10.2. The lowest BCUT2D eigenvalue weighted by molar-refractivity contribution is 0.445. The third-order valence-corrected chi connectivity index (χ3v) is 7.84. The highest BCUT2D eigenvalue weighted by Crippen LogP contribution is 2.16. The Hall–Kier alpha value is -1.74. The highest BCUT2D eigenvalue weighted by molar-refractivity contribution is 7.89. The maximum atomic E-state index is 12.5. The van der Waals surface area contributed by atoms with E-state index in [2.05, 4.69) is 4.72 Å². The van der Waals surface area contributed by atoms with Gasteiger partial charge in [0.15, 0.2) is 0 Å². The maximum Gasteiger partial charge on any atom is 0.243 e. The number of hydrogen-bond acceptors (Lipinski definition) is 4. The zero-order chi connectivity index (χ0) is 20.1. The Morgan fingerprint density at radius 1 is 0.815 bits per heavy atom. The normalized spacial score (nSPS) is 12.4. The van der Waals surface area contributed by atoms with E-state index in [1.165, 1.54) is 4.31 Å². The summed E-state index contributed by atoms with van der Waals surface area (Å²) in [7, 11) is -7.03. The van der Waals surface area contributed by atoms with E-state index in [1.54, 1.807) is 62.4 Å². The fourth-order valence-corrected chi connectivity index (χ4v) is 5.16. The lowest BCUT2D eigenvalue weighted by Crippen LogP contribution is -2.30. The van der Waals surface area contributed by atoms with Gasteiger partial charge < -0.3 is 0 Å². The largest absolute Gasteiger partial charge is 0.243 e. The van der Waals surface area contributed by atoms with Gasteiger partial charge in [0.05, 0.1) is 9.79 Å². The highest BCUT2D eigenvalue weighted by atomic mass is 32.2. The molecule has 148 valence electrons. The van der Waals surface area contributed by atoms with Crippen LogP contribution in [-0.4, -0.2) is 40.8 Å². The van der Waals surface area contributed by atoms with Crippen LogP contribution in [0.1, 0.15) is 25.0 Å². The summed E-state index contributed by atoms with van der Waals surface area (Å²) in [6.45, 7) is 6.57. The standard InChI is InChI=1S/C19H26N2O4S2/c1-4-21(5-2)27(24,25)19-12-8-17(9-13-19)14-15-20-26(22,23)18-10-6-16(3)7-11-18/h6-13,20H,4-5,14-15H2,1-3H3. The predicted molar refractivity (Wildman–Crippen MR) is 107 cm³/mol. The van der Waals surface area contributed by atoms with E-state index in [-0.39, 0.29) is 16.3 Å². The summed E-state index contributed by atoms with van der Waals surface area (Å²) in [4.78, 5) is 0.476. The molecule has 0 atom stereocenters. The summed E-state index contributed by atoms with van der Waals surface area (Å²) >= 11 is 0. The minimum Gasteiger partial charge on any atom is -0.211 e. The van der Waals surface area contributed by atoms with Gasteiger partial charge in [0.25, 0.3) is 0 Å². The molecule has 0 aliphatic rings. The second kappa shape index (κ2) is 8.97. The molecular formula is C19H26N2O4S2. The van der Waals surface area contributed by atoms with Crippen LogP contribution in [0.4, 0.5) is 0 Å². The van der Waals surface area contributed by atoms with Crippen LogP contribution in [0.2, 0.25) is 0 Å². The molecule has 0 unspecified atom stereocenters. The summed E-state index contributed by atoms with van der Waals surface area (Å²) < 4.78 is 53.4. The van der Waals surface area contributed by atoms with Gasteiger partial charge in [-0.15, -0.1) is 0 Å². The van der Waals surface area contributed by atoms with Crippen molar-refractivity contribution < 1.29 is 16.8 Å². The van der Waals surface area contributed by atoms with E-state index in [9.17, 15) is 16.8 Å². The first-order valence-electron chi connectivity index (χ1n) is 8.86. The Morgan fingerprint density at radius 2 is 1.33 bits per heavy atom. The Bertz CT molecular complexity index is 948. The van der Waals surface area contributed by atoms with Crippen molar-refractivity contribution in [2.45, 2.75) is 37.0 Å². The van der Waals surface area contributed by atoms with Gasteiger partial charge in [0.2, 0.25) is 20.0 Å². The van der Waals surface area contributed by atoms with E-state index in [0.717, 1.165) is 11.1 Å². The Morgan fingerprint density at radius 3 is 1.85 bits per heavy atom. The van der Waals surface area contributed by atoms with Gasteiger partial charge in [-0.05, 0) is 43.2 Å². The molecule has 0 saturated heterocycles. The highest BCUT2D eigenvalue weighted by Gasteiger charge is 2.21.